The Kier molecular flexibility index (Phi) is 4.09. The number of fused-ring (bicyclic) bond motifs is 3. The molecule has 1 aromatic rings. The van der Waals surface area contributed by atoms with Gasteiger partial charge in [-0.15, -0.1) is 0 Å². The summed E-state index contributed by atoms with van der Waals surface area (Å²) in [5.74, 6) is 0.566. The SMILES string of the molecule is CC(=O)[C@@H]1Cc2ccccc2N2CCCCCCC[C@@H]12. The van der Waals surface area contributed by atoms with Crippen molar-refractivity contribution in [2.45, 2.75) is 57.9 Å². The number of hydrogen-bond donors (Lipinski definition) is 0. The number of Topliss-reactive ketones (excluding diaryl/α,β-unsaturated/α-hetero) is 1. The molecule has 1 fully saturated rings. The Morgan fingerprint density at radius 1 is 1.10 bits per heavy atom. The smallest absolute Gasteiger partial charge is 0.135 e. The van der Waals surface area contributed by atoms with Crippen LogP contribution in [0.2, 0.25) is 0 Å². The van der Waals surface area contributed by atoms with Crippen LogP contribution in [0.3, 0.4) is 0 Å². The van der Waals surface area contributed by atoms with Gasteiger partial charge < -0.3 is 4.90 Å². The summed E-state index contributed by atoms with van der Waals surface area (Å²) in [5, 5.41) is 0. The van der Waals surface area contributed by atoms with Gasteiger partial charge in [-0.1, -0.05) is 43.9 Å². The van der Waals surface area contributed by atoms with Crippen molar-refractivity contribution in [3.8, 4) is 0 Å². The predicted molar refractivity (Wildman–Crippen MR) is 83.2 cm³/mol. The van der Waals surface area contributed by atoms with E-state index in [1.165, 1.54) is 49.8 Å². The number of carbonyl (C=O) groups excluding carboxylic acids is 1. The van der Waals surface area contributed by atoms with Crippen molar-refractivity contribution in [3.63, 3.8) is 0 Å². The van der Waals surface area contributed by atoms with Crippen molar-refractivity contribution in [3.05, 3.63) is 29.8 Å². The van der Waals surface area contributed by atoms with E-state index in [4.69, 9.17) is 0 Å². The average Bonchev–Trinajstić information content (AvgIpc) is 2.58. The molecule has 0 N–H and O–H groups in total. The third-order valence-electron chi connectivity index (χ3n) is 5.03. The molecule has 0 saturated carbocycles. The van der Waals surface area contributed by atoms with Gasteiger partial charge in [0.2, 0.25) is 0 Å². The summed E-state index contributed by atoms with van der Waals surface area (Å²) in [5.41, 5.74) is 2.75. The molecule has 1 aromatic carbocycles. The maximum atomic E-state index is 12.1. The van der Waals surface area contributed by atoms with Crippen molar-refractivity contribution < 1.29 is 4.79 Å². The molecule has 0 bridgehead atoms. The number of nitrogens with zero attached hydrogens (tertiary/aromatic N) is 1. The molecule has 2 aliphatic rings. The fourth-order valence-corrected chi connectivity index (χ4v) is 3.96. The monoisotopic (exact) mass is 271 g/mol. The minimum atomic E-state index is 0.197. The van der Waals surface area contributed by atoms with Crippen molar-refractivity contribution >= 4 is 11.5 Å². The summed E-state index contributed by atoms with van der Waals surface area (Å²) < 4.78 is 0. The van der Waals surface area contributed by atoms with Crippen LogP contribution in [0.1, 0.15) is 51.0 Å². The molecule has 2 heterocycles. The summed E-state index contributed by atoms with van der Waals surface area (Å²) >= 11 is 0. The third-order valence-corrected chi connectivity index (χ3v) is 5.03. The molecule has 0 aliphatic carbocycles. The number of hydrogen-bond acceptors (Lipinski definition) is 2. The van der Waals surface area contributed by atoms with Gasteiger partial charge in [0.15, 0.2) is 0 Å². The van der Waals surface area contributed by atoms with Gasteiger partial charge in [0.05, 0.1) is 0 Å². The number of carbonyl (C=O) groups is 1. The minimum absolute atomic E-state index is 0.197. The van der Waals surface area contributed by atoms with Crippen LogP contribution < -0.4 is 4.90 Å². The lowest BCUT2D eigenvalue weighted by molar-refractivity contribution is -0.121. The fraction of sp³-hybridized carbons (Fsp3) is 0.611. The number of anilines is 1. The summed E-state index contributed by atoms with van der Waals surface area (Å²) in [6.45, 7) is 2.90. The highest BCUT2D eigenvalue weighted by atomic mass is 16.1. The van der Waals surface area contributed by atoms with E-state index in [2.05, 4.69) is 29.2 Å². The molecule has 2 atom stereocenters. The first kappa shape index (κ1) is 13.7. The van der Waals surface area contributed by atoms with Gasteiger partial charge in [-0.2, -0.15) is 0 Å². The van der Waals surface area contributed by atoms with Crippen LogP contribution >= 0.6 is 0 Å². The molecule has 2 nitrogen and oxygen atoms in total. The number of para-hydroxylation sites is 1. The van der Waals surface area contributed by atoms with E-state index in [1.54, 1.807) is 6.92 Å². The van der Waals surface area contributed by atoms with Gasteiger partial charge in [-0.3, -0.25) is 4.79 Å². The number of ketones is 1. The van der Waals surface area contributed by atoms with Gasteiger partial charge in [0.1, 0.15) is 5.78 Å². The van der Waals surface area contributed by atoms with Crippen molar-refractivity contribution in [1.82, 2.24) is 0 Å². The lowest BCUT2D eigenvalue weighted by atomic mass is 9.81. The summed E-state index contributed by atoms with van der Waals surface area (Å²) in [4.78, 5) is 14.7. The highest BCUT2D eigenvalue weighted by molar-refractivity contribution is 5.81. The summed E-state index contributed by atoms with van der Waals surface area (Å²) in [7, 11) is 0. The second kappa shape index (κ2) is 5.99. The van der Waals surface area contributed by atoms with Crippen molar-refractivity contribution in [1.29, 1.82) is 0 Å². The lowest BCUT2D eigenvalue weighted by Gasteiger charge is -2.43. The average molecular weight is 271 g/mol. The van der Waals surface area contributed by atoms with Crippen molar-refractivity contribution in [2.24, 2.45) is 5.92 Å². The molecule has 2 heteroatoms. The number of rotatable bonds is 1. The second-order valence-electron chi connectivity index (χ2n) is 6.37. The molecule has 0 radical (unpaired) electrons. The molecule has 0 amide bonds. The Balaban J connectivity index is 1.97. The van der Waals surface area contributed by atoms with Crippen LogP contribution in [-0.4, -0.2) is 18.4 Å². The van der Waals surface area contributed by atoms with Crippen molar-refractivity contribution in [2.75, 3.05) is 11.4 Å². The first-order chi connectivity index (χ1) is 9.77. The highest BCUT2D eigenvalue weighted by Gasteiger charge is 2.36. The van der Waals surface area contributed by atoms with E-state index in [9.17, 15) is 4.79 Å². The van der Waals surface area contributed by atoms with Crippen LogP contribution in [0.4, 0.5) is 5.69 Å². The highest BCUT2D eigenvalue weighted by Crippen LogP contribution is 2.37. The van der Waals surface area contributed by atoms with Gasteiger partial charge in [0, 0.05) is 24.2 Å². The topological polar surface area (TPSA) is 20.3 Å². The molecule has 0 spiro atoms. The Labute approximate surface area is 122 Å². The van der Waals surface area contributed by atoms with E-state index < -0.39 is 0 Å². The predicted octanol–water partition coefficient (Wildman–Crippen LogP) is 3.98. The van der Waals surface area contributed by atoms with Gasteiger partial charge >= 0.3 is 0 Å². The molecule has 2 aliphatic heterocycles. The Morgan fingerprint density at radius 3 is 2.70 bits per heavy atom. The van der Waals surface area contributed by atoms with E-state index in [0.29, 0.717) is 11.8 Å². The Hall–Kier alpha value is -1.31. The zero-order chi connectivity index (χ0) is 13.9. The standard InChI is InChI=1S/C18H25NO/c1-14(20)16-13-15-9-6-7-10-17(15)19-12-8-4-2-3-5-11-18(16)19/h6-7,9-10,16,18H,2-5,8,11-13H2,1H3/t16-,18-/m0/s1. The second-order valence-corrected chi connectivity index (χ2v) is 6.37. The van der Waals surface area contributed by atoms with Crippen LogP contribution in [0.15, 0.2) is 24.3 Å². The van der Waals surface area contributed by atoms with Crippen LogP contribution in [0, 0.1) is 5.92 Å². The quantitative estimate of drug-likeness (QED) is 0.770. The largest absolute Gasteiger partial charge is 0.368 e. The van der Waals surface area contributed by atoms with E-state index in [0.717, 1.165) is 13.0 Å². The maximum Gasteiger partial charge on any atom is 0.135 e. The summed E-state index contributed by atoms with van der Waals surface area (Å²) in [6, 6.07) is 9.12. The van der Waals surface area contributed by atoms with Crippen LogP contribution in [-0.2, 0) is 11.2 Å². The number of benzene rings is 1. The Bertz CT molecular complexity index is 482. The zero-order valence-electron chi connectivity index (χ0n) is 12.5. The minimum Gasteiger partial charge on any atom is -0.368 e. The zero-order valence-corrected chi connectivity index (χ0v) is 12.5. The van der Waals surface area contributed by atoms with E-state index in [-0.39, 0.29) is 5.92 Å². The van der Waals surface area contributed by atoms with Gasteiger partial charge in [-0.25, -0.2) is 0 Å². The molecule has 0 unspecified atom stereocenters. The van der Waals surface area contributed by atoms with Crippen LogP contribution in [0.5, 0.6) is 0 Å². The van der Waals surface area contributed by atoms with E-state index in [1.807, 2.05) is 0 Å². The van der Waals surface area contributed by atoms with Gasteiger partial charge in [-0.05, 0) is 37.8 Å². The van der Waals surface area contributed by atoms with E-state index >= 15 is 0 Å². The first-order valence-corrected chi connectivity index (χ1v) is 8.12. The third kappa shape index (κ3) is 2.61. The molecule has 0 aromatic heterocycles. The Morgan fingerprint density at radius 2 is 1.85 bits per heavy atom. The lowest BCUT2D eigenvalue weighted by Crippen LogP contribution is -2.48. The first-order valence-electron chi connectivity index (χ1n) is 8.12. The molecular formula is C18H25NO. The molecule has 20 heavy (non-hydrogen) atoms. The molecule has 108 valence electrons. The fourth-order valence-electron chi connectivity index (χ4n) is 3.96. The molecule has 1 saturated heterocycles. The maximum absolute atomic E-state index is 12.1. The van der Waals surface area contributed by atoms with Gasteiger partial charge in [0.25, 0.3) is 0 Å². The normalized spacial score (nSPS) is 26.8. The summed E-state index contributed by atoms with van der Waals surface area (Å²) in [6.07, 6.45) is 8.66. The van der Waals surface area contributed by atoms with Crippen LogP contribution in [0.25, 0.3) is 0 Å². The molecule has 3 rings (SSSR count). The molecular weight excluding hydrogens is 246 g/mol.